The van der Waals surface area contributed by atoms with Crippen LogP contribution in [0.2, 0.25) is 0 Å². The average molecular weight is 432 g/mol. The van der Waals surface area contributed by atoms with E-state index < -0.39 is 0 Å². The van der Waals surface area contributed by atoms with Crippen molar-refractivity contribution < 1.29 is 13.9 Å². The molecule has 4 rings (SSSR count). The lowest BCUT2D eigenvalue weighted by molar-refractivity contribution is -0.118. The third kappa shape index (κ3) is 5.96. The van der Waals surface area contributed by atoms with Gasteiger partial charge in [-0.3, -0.25) is 4.79 Å². The fourth-order valence-electron chi connectivity index (χ4n) is 2.75. The van der Waals surface area contributed by atoms with Crippen LogP contribution < -0.4 is 10.2 Å². The summed E-state index contributed by atoms with van der Waals surface area (Å²) in [7, 11) is 0. The largest absolute Gasteiger partial charge is 0.489 e. The van der Waals surface area contributed by atoms with Crippen molar-refractivity contribution in [2.45, 2.75) is 18.8 Å². The molecular formula is C24H21N3O3S. The smallest absolute Gasteiger partial charge is 0.257 e. The molecule has 0 aliphatic carbocycles. The molecule has 4 aromatic rings. The number of aromatic nitrogens is 1. The van der Waals surface area contributed by atoms with Gasteiger partial charge in [-0.1, -0.05) is 53.7 Å². The summed E-state index contributed by atoms with van der Waals surface area (Å²) in [6.07, 6.45) is 1.59. The maximum atomic E-state index is 12.0. The number of hydrogen-bond acceptors (Lipinski definition) is 6. The minimum Gasteiger partial charge on any atom is -0.489 e. The van der Waals surface area contributed by atoms with Crippen LogP contribution in [0.25, 0.3) is 11.1 Å². The monoisotopic (exact) mass is 431 g/mol. The number of carbonyl (C=O) groups excluding carboxylic acids is 1. The van der Waals surface area contributed by atoms with Gasteiger partial charge < -0.3 is 9.15 Å². The highest BCUT2D eigenvalue weighted by Crippen LogP contribution is 2.22. The molecule has 0 spiro atoms. The van der Waals surface area contributed by atoms with Crippen molar-refractivity contribution >= 4 is 35.0 Å². The Morgan fingerprint density at radius 3 is 2.65 bits per heavy atom. The summed E-state index contributed by atoms with van der Waals surface area (Å²) in [5, 5.41) is 4.46. The molecule has 0 radical (unpaired) electrons. The number of nitrogens with one attached hydrogen (secondary N) is 1. The van der Waals surface area contributed by atoms with E-state index in [-0.39, 0.29) is 11.7 Å². The van der Waals surface area contributed by atoms with Gasteiger partial charge in [0.05, 0.1) is 12.0 Å². The van der Waals surface area contributed by atoms with Crippen LogP contribution in [-0.4, -0.2) is 22.9 Å². The summed E-state index contributed by atoms with van der Waals surface area (Å²) in [5.74, 6) is 0.703. The van der Waals surface area contributed by atoms with Crippen molar-refractivity contribution in [1.29, 1.82) is 0 Å². The van der Waals surface area contributed by atoms with Crippen LogP contribution in [-0.2, 0) is 11.4 Å². The van der Waals surface area contributed by atoms with Gasteiger partial charge in [-0.05, 0) is 54.4 Å². The second kappa shape index (κ2) is 9.95. The first-order chi connectivity index (χ1) is 15.2. The SMILES string of the molecule is Cc1ccc(COc2ccc(/C=N\NC(=O)CSc3nc4ccccc4o3)cc2)cc1. The van der Waals surface area contributed by atoms with Gasteiger partial charge in [0.25, 0.3) is 11.1 Å². The molecule has 0 aliphatic heterocycles. The lowest BCUT2D eigenvalue weighted by Crippen LogP contribution is -2.19. The number of rotatable bonds is 8. The summed E-state index contributed by atoms with van der Waals surface area (Å²) in [4.78, 5) is 16.3. The van der Waals surface area contributed by atoms with E-state index in [0.717, 1.165) is 22.4 Å². The van der Waals surface area contributed by atoms with E-state index in [2.05, 4.69) is 46.7 Å². The predicted octanol–water partition coefficient (Wildman–Crippen LogP) is 4.96. The lowest BCUT2D eigenvalue weighted by Gasteiger charge is -2.06. The molecular weight excluding hydrogens is 410 g/mol. The summed E-state index contributed by atoms with van der Waals surface area (Å²) in [6, 6.07) is 23.2. The molecule has 0 fully saturated rings. The molecule has 6 nitrogen and oxygen atoms in total. The molecule has 31 heavy (non-hydrogen) atoms. The van der Waals surface area contributed by atoms with Gasteiger partial charge in [0.2, 0.25) is 0 Å². The van der Waals surface area contributed by atoms with Crippen molar-refractivity contribution in [3.63, 3.8) is 0 Å². The van der Waals surface area contributed by atoms with E-state index in [4.69, 9.17) is 9.15 Å². The standard InChI is InChI=1S/C24H21N3O3S/c1-17-6-8-19(9-7-17)15-29-20-12-10-18(11-13-20)14-25-27-23(28)16-31-24-26-21-4-2-3-5-22(21)30-24/h2-14H,15-16H2,1H3,(H,27,28)/b25-14-. The fraction of sp³-hybridized carbons (Fsp3) is 0.125. The quantitative estimate of drug-likeness (QED) is 0.242. The summed E-state index contributed by atoms with van der Waals surface area (Å²) < 4.78 is 11.4. The van der Waals surface area contributed by atoms with Gasteiger partial charge in [-0.25, -0.2) is 10.4 Å². The highest BCUT2D eigenvalue weighted by molar-refractivity contribution is 7.99. The van der Waals surface area contributed by atoms with Gasteiger partial charge in [0.15, 0.2) is 5.58 Å². The summed E-state index contributed by atoms with van der Waals surface area (Å²) in [6.45, 7) is 2.58. The molecule has 1 N–H and O–H groups in total. The number of carbonyl (C=O) groups is 1. The predicted molar refractivity (Wildman–Crippen MR) is 122 cm³/mol. The number of amides is 1. The topological polar surface area (TPSA) is 76.7 Å². The van der Waals surface area contributed by atoms with Crippen LogP contribution >= 0.6 is 11.8 Å². The second-order valence-electron chi connectivity index (χ2n) is 6.87. The molecule has 3 aromatic carbocycles. The van der Waals surface area contributed by atoms with Crippen LogP contribution in [0.1, 0.15) is 16.7 Å². The Labute approximate surface area is 184 Å². The van der Waals surface area contributed by atoms with Crippen molar-refractivity contribution in [3.05, 3.63) is 89.5 Å². The zero-order chi connectivity index (χ0) is 21.5. The first-order valence-electron chi connectivity index (χ1n) is 9.74. The third-order valence-corrected chi connectivity index (χ3v) is 5.24. The number of thioether (sulfide) groups is 1. The lowest BCUT2D eigenvalue weighted by atomic mass is 10.2. The molecule has 7 heteroatoms. The minimum atomic E-state index is -0.235. The Balaban J connectivity index is 1.21. The zero-order valence-electron chi connectivity index (χ0n) is 16.9. The second-order valence-corrected chi connectivity index (χ2v) is 7.80. The Morgan fingerprint density at radius 2 is 1.87 bits per heavy atom. The van der Waals surface area contributed by atoms with Crippen LogP contribution in [0, 0.1) is 6.92 Å². The highest BCUT2D eigenvalue weighted by atomic mass is 32.2. The van der Waals surface area contributed by atoms with Crippen LogP contribution in [0.5, 0.6) is 5.75 Å². The average Bonchev–Trinajstić information content (AvgIpc) is 3.21. The molecule has 1 aromatic heterocycles. The Hall–Kier alpha value is -3.58. The van der Waals surface area contributed by atoms with Gasteiger partial charge in [-0.15, -0.1) is 0 Å². The molecule has 1 amide bonds. The van der Waals surface area contributed by atoms with Crippen molar-refractivity contribution in [2.75, 3.05) is 5.75 Å². The van der Waals surface area contributed by atoms with E-state index >= 15 is 0 Å². The van der Waals surface area contributed by atoms with Crippen LogP contribution in [0.15, 0.2) is 87.5 Å². The first-order valence-corrected chi connectivity index (χ1v) is 10.7. The maximum absolute atomic E-state index is 12.0. The Bertz CT molecular complexity index is 1150. The molecule has 0 unspecified atom stereocenters. The number of oxazole rings is 1. The molecule has 0 bridgehead atoms. The van der Waals surface area contributed by atoms with E-state index in [1.807, 2.05) is 48.5 Å². The number of benzene rings is 3. The number of hydrazone groups is 1. The van der Waals surface area contributed by atoms with Crippen molar-refractivity contribution in [3.8, 4) is 5.75 Å². The van der Waals surface area contributed by atoms with E-state index in [1.165, 1.54) is 17.3 Å². The molecule has 156 valence electrons. The van der Waals surface area contributed by atoms with Crippen molar-refractivity contribution in [1.82, 2.24) is 10.4 Å². The molecule has 0 saturated heterocycles. The Morgan fingerprint density at radius 1 is 1.10 bits per heavy atom. The summed E-state index contributed by atoms with van der Waals surface area (Å²) >= 11 is 1.23. The molecule has 0 atom stereocenters. The third-order valence-electron chi connectivity index (χ3n) is 4.41. The van der Waals surface area contributed by atoms with Crippen LogP contribution in [0.3, 0.4) is 0 Å². The van der Waals surface area contributed by atoms with E-state index in [0.29, 0.717) is 17.4 Å². The highest BCUT2D eigenvalue weighted by Gasteiger charge is 2.08. The Kier molecular flexibility index (Phi) is 6.64. The summed E-state index contributed by atoms with van der Waals surface area (Å²) in [5.41, 5.74) is 7.19. The van der Waals surface area contributed by atoms with Gasteiger partial charge in [0.1, 0.15) is 17.9 Å². The van der Waals surface area contributed by atoms with Crippen LogP contribution in [0.4, 0.5) is 0 Å². The van der Waals surface area contributed by atoms with Crippen molar-refractivity contribution in [2.24, 2.45) is 5.10 Å². The molecule has 0 saturated carbocycles. The zero-order valence-corrected chi connectivity index (χ0v) is 17.8. The molecule has 0 aliphatic rings. The number of hydrogen-bond donors (Lipinski definition) is 1. The first kappa shape index (κ1) is 20.7. The normalized spacial score (nSPS) is 11.1. The molecule has 1 heterocycles. The number of nitrogens with zero attached hydrogens (tertiary/aromatic N) is 2. The fourth-order valence-corrected chi connectivity index (χ4v) is 3.38. The maximum Gasteiger partial charge on any atom is 0.257 e. The number of ether oxygens (including phenoxy) is 1. The van der Waals surface area contributed by atoms with E-state index in [1.54, 1.807) is 6.21 Å². The van der Waals surface area contributed by atoms with E-state index in [9.17, 15) is 4.79 Å². The van der Waals surface area contributed by atoms with Gasteiger partial charge in [0, 0.05) is 0 Å². The number of aryl methyl sites for hydroxylation is 1. The van der Waals surface area contributed by atoms with Gasteiger partial charge in [-0.2, -0.15) is 5.10 Å². The number of fused-ring (bicyclic) bond motifs is 1. The van der Waals surface area contributed by atoms with Gasteiger partial charge >= 0.3 is 0 Å². The minimum absolute atomic E-state index is 0.163. The number of para-hydroxylation sites is 2.